The highest BCUT2D eigenvalue weighted by Gasteiger charge is 2.23. The van der Waals surface area contributed by atoms with E-state index in [1.54, 1.807) is 28.4 Å². The fraction of sp³-hybridized carbons (Fsp3) is 0.500. The second kappa shape index (κ2) is 14.3. The van der Waals surface area contributed by atoms with E-state index in [0.29, 0.717) is 6.42 Å². The van der Waals surface area contributed by atoms with Crippen molar-refractivity contribution >= 4 is 11.9 Å². The quantitative estimate of drug-likeness (QED) is 0.437. The van der Waals surface area contributed by atoms with Crippen molar-refractivity contribution < 1.29 is 33.6 Å². The van der Waals surface area contributed by atoms with Crippen LogP contribution in [-0.2, 0) is 22.4 Å². The Labute approximate surface area is 219 Å². The number of nitrogens with one attached hydrogen (secondary N) is 2. The molecule has 0 saturated heterocycles. The maximum atomic E-state index is 10.6. The van der Waals surface area contributed by atoms with Crippen LogP contribution in [0.25, 0.3) is 0 Å². The van der Waals surface area contributed by atoms with Gasteiger partial charge >= 0.3 is 5.97 Å². The number of hydrogen-bond donors (Lipinski definition) is 3. The van der Waals surface area contributed by atoms with Crippen LogP contribution in [-0.4, -0.2) is 58.0 Å². The van der Waals surface area contributed by atoms with Crippen molar-refractivity contribution in [1.29, 1.82) is 0 Å². The van der Waals surface area contributed by atoms with Gasteiger partial charge in [0.25, 0.3) is 0 Å². The summed E-state index contributed by atoms with van der Waals surface area (Å²) in [5.74, 6) is 2.04. The number of amides is 1. The lowest BCUT2D eigenvalue weighted by molar-refractivity contribution is -0.142. The molecule has 0 bridgehead atoms. The van der Waals surface area contributed by atoms with Crippen LogP contribution in [0.4, 0.5) is 0 Å². The lowest BCUT2D eigenvalue weighted by atomic mass is 9.89. The van der Waals surface area contributed by atoms with E-state index in [2.05, 4.69) is 28.8 Å². The van der Waals surface area contributed by atoms with E-state index < -0.39 is 12.0 Å². The van der Waals surface area contributed by atoms with Crippen molar-refractivity contribution in [3.63, 3.8) is 0 Å². The normalized spacial score (nSPS) is 15.0. The van der Waals surface area contributed by atoms with E-state index in [1.165, 1.54) is 23.6 Å². The lowest BCUT2D eigenvalue weighted by Gasteiger charge is -2.28. The lowest BCUT2D eigenvalue weighted by Crippen LogP contribution is -2.40. The summed E-state index contributed by atoms with van der Waals surface area (Å²) in [4.78, 5) is 21.1. The first-order chi connectivity index (χ1) is 17.6. The molecule has 3 rings (SSSR count). The van der Waals surface area contributed by atoms with Gasteiger partial charge in [-0.1, -0.05) is 19.9 Å². The molecule has 1 unspecified atom stereocenters. The van der Waals surface area contributed by atoms with E-state index in [0.717, 1.165) is 42.4 Å². The van der Waals surface area contributed by atoms with Gasteiger partial charge in [0.15, 0.2) is 23.0 Å². The molecule has 1 heterocycles. The van der Waals surface area contributed by atoms with E-state index >= 15 is 0 Å². The molecule has 0 spiro atoms. The fourth-order valence-corrected chi connectivity index (χ4v) is 4.33. The van der Waals surface area contributed by atoms with Gasteiger partial charge in [0, 0.05) is 13.0 Å². The molecule has 0 aliphatic carbocycles. The molecule has 0 aromatic heterocycles. The van der Waals surface area contributed by atoms with Crippen LogP contribution >= 0.6 is 0 Å². The Morgan fingerprint density at radius 3 is 2.11 bits per heavy atom. The van der Waals surface area contributed by atoms with Crippen LogP contribution < -0.4 is 29.6 Å². The van der Waals surface area contributed by atoms with Crippen molar-refractivity contribution in [2.45, 2.75) is 52.1 Å². The largest absolute Gasteiger partial charge is 0.493 e. The number of benzene rings is 2. The molecular formula is C28H40N2O7. The maximum absolute atomic E-state index is 10.6. The van der Waals surface area contributed by atoms with Crippen LogP contribution in [0.3, 0.4) is 0 Å². The van der Waals surface area contributed by atoms with Gasteiger partial charge in [-0.05, 0) is 72.7 Å². The Bertz CT molecular complexity index is 1060. The number of rotatable bonds is 10. The molecule has 0 radical (unpaired) electrons. The molecule has 0 saturated carbocycles. The Balaban J connectivity index is 0.000000341. The van der Waals surface area contributed by atoms with E-state index in [-0.39, 0.29) is 17.9 Å². The molecule has 1 aliphatic heterocycles. The van der Waals surface area contributed by atoms with Gasteiger partial charge in [0.05, 0.1) is 28.4 Å². The Morgan fingerprint density at radius 2 is 1.57 bits per heavy atom. The zero-order chi connectivity index (χ0) is 27.5. The molecule has 37 heavy (non-hydrogen) atoms. The SMILES string of the molecule is CC(=O)N[C@@H](CC(C)C)C(=O)O.COc1ccc(CC2NCCc3cc(OC)c(OC)cc32)cc1OC. The summed E-state index contributed by atoms with van der Waals surface area (Å²) in [6, 6.07) is 9.73. The summed E-state index contributed by atoms with van der Waals surface area (Å²) in [5, 5.41) is 14.6. The monoisotopic (exact) mass is 516 g/mol. The molecule has 2 atom stereocenters. The highest BCUT2D eigenvalue weighted by Crippen LogP contribution is 2.37. The summed E-state index contributed by atoms with van der Waals surface area (Å²) in [7, 11) is 6.65. The van der Waals surface area contributed by atoms with Gasteiger partial charge in [0.2, 0.25) is 5.91 Å². The minimum atomic E-state index is -0.973. The Morgan fingerprint density at radius 1 is 0.973 bits per heavy atom. The zero-order valence-electron chi connectivity index (χ0n) is 22.8. The number of carboxylic acids is 1. The first kappa shape index (κ1) is 29.8. The number of carbonyl (C=O) groups is 2. The number of hydrogen-bond acceptors (Lipinski definition) is 7. The van der Waals surface area contributed by atoms with Gasteiger partial charge < -0.3 is 34.7 Å². The third kappa shape index (κ3) is 8.56. The summed E-state index contributed by atoms with van der Waals surface area (Å²) in [6.07, 6.45) is 2.32. The van der Waals surface area contributed by atoms with Gasteiger partial charge in [-0.15, -0.1) is 0 Å². The highest BCUT2D eigenvalue weighted by atomic mass is 16.5. The number of carbonyl (C=O) groups excluding carboxylic acids is 1. The van der Waals surface area contributed by atoms with Crippen LogP contribution in [0.1, 0.15) is 49.9 Å². The molecule has 2 aromatic carbocycles. The van der Waals surface area contributed by atoms with E-state index in [9.17, 15) is 9.59 Å². The molecule has 9 heteroatoms. The van der Waals surface area contributed by atoms with E-state index in [1.807, 2.05) is 26.0 Å². The minimum Gasteiger partial charge on any atom is -0.493 e. The van der Waals surface area contributed by atoms with Crippen LogP contribution in [0, 0.1) is 5.92 Å². The van der Waals surface area contributed by atoms with Crippen molar-refractivity contribution in [3.05, 3.63) is 47.0 Å². The second-order valence-electron chi connectivity index (χ2n) is 9.28. The van der Waals surface area contributed by atoms with Crippen LogP contribution in [0.5, 0.6) is 23.0 Å². The molecule has 1 aliphatic rings. The molecule has 0 fully saturated rings. The van der Waals surface area contributed by atoms with Crippen molar-refractivity contribution in [2.24, 2.45) is 5.92 Å². The molecule has 1 amide bonds. The number of aliphatic carboxylic acids is 1. The minimum absolute atomic E-state index is 0.224. The third-order valence-electron chi connectivity index (χ3n) is 6.08. The first-order valence-electron chi connectivity index (χ1n) is 12.3. The number of ether oxygens (including phenoxy) is 4. The smallest absolute Gasteiger partial charge is 0.326 e. The average molecular weight is 517 g/mol. The van der Waals surface area contributed by atoms with Gasteiger partial charge in [0.1, 0.15) is 6.04 Å². The first-order valence-corrected chi connectivity index (χ1v) is 12.3. The predicted octanol–water partition coefficient (Wildman–Crippen LogP) is 3.77. The van der Waals surface area contributed by atoms with Crippen molar-refractivity contribution in [2.75, 3.05) is 35.0 Å². The second-order valence-corrected chi connectivity index (χ2v) is 9.28. The molecule has 9 nitrogen and oxygen atoms in total. The van der Waals surface area contributed by atoms with Gasteiger partial charge in [-0.2, -0.15) is 0 Å². The van der Waals surface area contributed by atoms with Gasteiger partial charge in [-0.25, -0.2) is 4.79 Å². The molecular weight excluding hydrogens is 476 g/mol. The molecule has 2 aromatic rings. The third-order valence-corrected chi connectivity index (χ3v) is 6.08. The van der Waals surface area contributed by atoms with Crippen molar-refractivity contribution in [3.8, 4) is 23.0 Å². The number of carboxylic acid groups (broad SMARTS) is 1. The summed E-state index contributed by atoms with van der Waals surface area (Å²) in [6.45, 7) is 6.09. The zero-order valence-corrected chi connectivity index (χ0v) is 22.8. The van der Waals surface area contributed by atoms with Crippen molar-refractivity contribution in [1.82, 2.24) is 10.6 Å². The topological polar surface area (TPSA) is 115 Å². The Hall–Kier alpha value is -3.46. The average Bonchev–Trinajstić information content (AvgIpc) is 2.87. The number of methoxy groups -OCH3 is 4. The predicted molar refractivity (Wildman–Crippen MR) is 142 cm³/mol. The van der Waals surface area contributed by atoms with E-state index in [4.69, 9.17) is 24.1 Å². The fourth-order valence-electron chi connectivity index (χ4n) is 4.33. The van der Waals surface area contributed by atoms with Crippen LogP contribution in [0.2, 0.25) is 0 Å². The standard InChI is InChI=1S/C20H25NO4.C8H15NO3/c1-22-17-6-5-13(10-18(17)23-2)9-16-15-12-20(25-4)19(24-3)11-14(15)7-8-21-16;1-5(2)4-7(8(11)12)9-6(3)10/h5-6,10-12,16,21H,7-9H2,1-4H3;5,7H,4H2,1-3H3,(H,9,10)(H,11,12)/t;7-/m.0/s1. The Kier molecular flexibility index (Phi) is 11.5. The van der Waals surface area contributed by atoms with Gasteiger partial charge in [-0.3, -0.25) is 4.79 Å². The summed E-state index contributed by atoms with van der Waals surface area (Å²) < 4.78 is 21.7. The number of fused-ring (bicyclic) bond motifs is 1. The molecule has 3 N–H and O–H groups in total. The van der Waals surface area contributed by atoms with Crippen LogP contribution in [0.15, 0.2) is 30.3 Å². The molecule has 204 valence electrons. The highest BCUT2D eigenvalue weighted by molar-refractivity contribution is 5.82. The summed E-state index contributed by atoms with van der Waals surface area (Å²) in [5.41, 5.74) is 3.76. The summed E-state index contributed by atoms with van der Waals surface area (Å²) >= 11 is 0. The maximum Gasteiger partial charge on any atom is 0.326 e.